The van der Waals surface area contributed by atoms with Gasteiger partial charge < -0.3 is 9.47 Å². The second kappa shape index (κ2) is 5.02. The number of hydrogen-bond acceptors (Lipinski definition) is 4. The zero-order valence-corrected chi connectivity index (χ0v) is 9.15. The van der Waals surface area contributed by atoms with Crippen LogP contribution in [-0.4, -0.2) is 19.7 Å². The van der Waals surface area contributed by atoms with Crippen LogP contribution in [0.2, 0.25) is 5.02 Å². The van der Waals surface area contributed by atoms with Crippen molar-refractivity contribution in [2.75, 3.05) is 13.7 Å². The summed E-state index contributed by atoms with van der Waals surface area (Å²) in [5, 5.41) is 2.05. The van der Waals surface area contributed by atoms with Crippen LogP contribution in [0.1, 0.15) is 9.67 Å². The molecule has 1 aromatic heterocycles. The van der Waals surface area contributed by atoms with Gasteiger partial charge >= 0.3 is 5.97 Å². The number of ether oxygens (including phenoxy) is 2. The monoisotopic (exact) mass is 232 g/mol. The van der Waals surface area contributed by atoms with E-state index in [0.29, 0.717) is 22.3 Å². The van der Waals surface area contributed by atoms with E-state index in [2.05, 4.69) is 11.3 Å². The molecule has 1 rings (SSSR count). The first-order valence-electron chi connectivity index (χ1n) is 3.79. The molecule has 0 unspecified atom stereocenters. The highest BCUT2D eigenvalue weighted by molar-refractivity contribution is 7.13. The number of methoxy groups -OCH3 is 1. The van der Waals surface area contributed by atoms with Crippen molar-refractivity contribution >= 4 is 28.9 Å². The Morgan fingerprint density at radius 1 is 1.79 bits per heavy atom. The third kappa shape index (κ3) is 2.27. The lowest BCUT2D eigenvalue weighted by Gasteiger charge is -2.03. The molecule has 0 aliphatic carbocycles. The number of halogens is 1. The summed E-state index contributed by atoms with van der Waals surface area (Å²) >= 11 is 7.02. The maximum atomic E-state index is 11.2. The Kier molecular flexibility index (Phi) is 3.98. The Hall–Kier alpha value is -1.00. The fourth-order valence-corrected chi connectivity index (χ4v) is 1.96. The average Bonchev–Trinajstić information content (AvgIpc) is 2.56. The van der Waals surface area contributed by atoms with E-state index >= 15 is 0 Å². The van der Waals surface area contributed by atoms with Crippen LogP contribution >= 0.6 is 22.9 Å². The van der Waals surface area contributed by atoms with Gasteiger partial charge in [-0.3, -0.25) is 0 Å². The van der Waals surface area contributed by atoms with Crippen LogP contribution < -0.4 is 4.74 Å². The Bertz CT molecular complexity index is 346. The van der Waals surface area contributed by atoms with Crippen molar-refractivity contribution in [2.24, 2.45) is 0 Å². The van der Waals surface area contributed by atoms with Gasteiger partial charge in [-0.2, -0.15) is 0 Å². The Morgan fingerprint density at radius 2 is 2.50 bits per heavy atom. The predicted octanol–water partition coefficient (Wildman–Crippen LogP) is 2.75. The molecule has 3 nitrogen and oxygen atoms in total. The van der Waals surface area contributed by atoms with Gasteiger partial charge in [0.05, 0.1) is 12.1 Å². The summed E-state index contributed by atoms with van der Waals surface area (Å²) < 4.78 is 9.82. The molecule has 1 heterocycles. The zero-order valence-electron chi connectivity index (χ0n) is 7.58. The standard InChI is InChI=1S/C9H9ClO3S/c1-3-4-13-7-6(10)5-14-8(7)9(11)12-2/h3,5H,1,4H2,2H3. The van der Waals surface area contributed by atoms with Crippen LogP contribution in [0, 0.1) is 0 Å². The van der Waals surface area contributed by atoms with Crippen LogP contribution in [0.4, 0.5) is 0 Å². The van der Waals surface area contributed by atoms with Gasteiger partial charge in [-0.25, -0.2) is 4.79 Å². The minimum atomic E-state index is -0.444. The normalized spacial score (nSPS) is 9.57. The SMILES string of the molecule is C=CCOc1c(Cl)csc1C(=O)OC. The molecule has 5 heteroatoms. The van der Waals surface area contributed by atoms with Gasteiger partial charge in [0.1, 0.15) is 6.61 Å². The molecule has 14 heavy (non-hydrogen) atoms. The van der Waals surface area contributed by atoms with Crippen LogP contribution in [0.5, 0.6) is 5.75 Å². The highest BCUT2D eigenvalue weighted by Gasteiger charge is 2.18. The number of hydrogen-bond donors (Lipinski definition) is 0. The van der Waals surface area contributed by atoms with Crippen molar-refractivity contribution in [3.05, 3.63) is 27.9 Å². The van der Waals surface area contributed by atoms with Gasteiger partial charge in [0.25, 0.3) is 0 Å². The van der Waals surface area contributed by atoms with E-state index in [-0.39, 0.29) is 0 Å². The maximum absolute atomic E-state index is 11.2. The van der Waals surface area contributed by atoms with Crippen molar-refractivity contribution in [1.29, 1.82) is 0 Å². The van der Waals surface area contributed by atoms with Crippen molar-refractivity contribution < 1.29 is 14.3 Å². The number of carbonyl (C=O) groups excluding carboxylic acids is 1. The number of esters is 1. The van der Waals surface area contributed by atoms with E-state index in [1.807, 2.05) is 0 Å². The summed E-state index contributed by atoms with van der Waals surface area (Å²) in [6.45, 7) is 3.81. The number of rotatable bonds is 4. The van der Waals surface area contributed by atoms with Crippen molar-refractivity contribution in [3.63, 3.8) is 0 Å². The van der Waals surface area contributed by atoms with E-state index < -0.39 is 5.97 Å². The highest BCUT2D eigenvalue weighted by Crippen LogP contribution is 2.35. The molecule has 0 aromatic carbocycles. The number of thiophene rings is 1. The molecule has 0 fully saturated rings. The molecule has 0 spiro atoms. The molecule has 0 atom stereocenters. The highest BCUT2D eigenvalue weighted by atomic mass is 35.5. The molecule has 0 bridgehead atoms. The minimum Gasteiger partial charge on any atom is -0.486 e. The Labute approximate surface area is 90.9 Å². The lowest BCUT2D eigenvalue weighted by atomic mass is 10.4. The van der Waals surface area contributed by atoms with Gasteiger partial charge in [-0.05, 0) is 0 Å². The Balaban J connectivity index is 2.93. The molecule has 0 saturated heterocycles. The minimum absolute atomic E-state index is 0.306. The molecule has 1 aromatic rings. The maximum Gasteiger partial charge on any atom is 0.351 e. The van der Waals surface area contributed by atoms with E-state index in [9.17, 15) is 4.79 Å². The first kappa shape index (κ1) is 11.1. The number of carbonyl (C=O) groups is 1. The topological polar surface area (TPSA) is 35.5 Å². The molecule has 0 N–H and O–H groups in total. The molecule has 0 aliphatic heterocycles. The van der Waals surface area contributed by atoms with Crippen LogP contribution in [0.15, 0.2) is 18.0 Å². The molecule has 0 saturated carbocycles. The van der Waals surface area contributed by atoms with E-state index in [1.54, 1.807) is 11.5 Å². The summed E-state index contributed by atoms with van der Waals surface area (Å²) in [5.41, 5.74) is 0. The van der Waals surface area contributed by atoms with Gasteiger partial charge in [-0.15, -0.1) is 11.3 Å². The van der Waals surface area contributed by atoms with Crippen LogP contribution in [0.25, 0.3) is 0 Å². The summed E-state index contributed by atoms with van der Waals surface area (Å²) in [6, 6.07) is 0. The molecule has 0 amide bonds. The molecular formula is C9H9ClO3S. The van der Waals surface area contributed by atoms with E-state index in [1.165, 1.54) is 18.4 Å². The second-order valence-electron chi connectivity index (χ2n) is 2.33. The summed E-state index contributed by atoms with van der Waals surface area (Å²) in [6.07, 6.45) is 1.58. The molecule has 0 aliphatic rings. The lowest BCUT2D eigenvalue weighted by molar-refractivity contribution is 0.0602. The van der Waals surface area contributed by atoms with Gasteiger partial charge in [0.2, 0.25) is 0 Å². The fraction of sp³-hybridized carbons (Fsp3) is 0.222. The fourth-order valence-electron chi connectivity index (χ4n) is 0.836. The first-order chi connectivity index (χ1) is 6.70. The van der Waals surface area contributed by atoms with Gasteiger partial charge in [0, 0.05) is 5.38 Å². The van der Waals surface area contributed by atoms with Gasteiger partial charge in [0.15, 0.2) is 10.6 Å². The first-order valence-corrected chi connectivity index (χ1v) is 5.05. The van der Waals surface area contributed by atoms with E-state index in [0.717, 1.165) is 0 Å². The van der Waals surface area contributed by atoms with Crippen LogP contribution in [0.3, 0.4) is 0 Å². The average molecular weight is 233 g/mol. The molecule has 76 valence electrons. The second-order valence-corrected chi connectivity index (χ2v) is 3.62. The van der Waals surface area contributed by atoms with Crippen molar-refractivity contribution in [1.82, 2.24) is 0 Å². The zero-order chi connectivity index (χ0) is 10.6. The molecular weight excluding hydrogens is 224 g/mol. The molecule has 0 radical (unpaired) electrons. The largest absolute Gasteiger partial charge is 0.486 e. The lowest BCUT2D eigenvalue weighted by Crippen LogP contribution is -2.02. The summed E-state index contributed by atoms with van der Waals surface area (Å²) in [7, 11) is 1.31. The van der Waals surface area contributed by atoms with Crippen molar-refractivity contribution in [2.45, 2.75) is 0 Å². The van der Waals surface area contributed by atoms with Crippen molar-refractivity contribution in [3.8, 4) is 5.75 Å². The Morgan fingerprint density at radius 3 is 3.07 bits per heavy atom. The summed E-state index contributed by atoms with van der Waals surface area (Å²) in [4.78, 5) is 11.6. The smallest absolute Gasteiger partial charge is 0.351 e. The summed E-state index contributed by atoms with van der Waals surface area (Å²) in [5.74, 6) is -0.0793. The van der Waals surface area contributed by atoms with Gasteiger partial charge in [-0.1, -0.05) is 24.3 Å². The van der Waals surface area contributed by atoms with E-state index in [4.69, 9.17) is 16.3 Å². The van der Waals surface area contributed by atoms with Crippen LogP contribution in [-0.2, 0) is 4.74 Å². The quantitative estimate of drug-likeness (QED) is 0.592. The third-order valence-corrected chi connectivity index (χ3v) is 2.77. The predicted molar refractivity (Wildman–Crippen MR) is 56.4 cm³/mol. The third-order valence-electron chi connectivity index (χ3n) is 1.42.